The molecule has 0 aromatic carbocycles. The highest BCUT2D eigenvalue weighted by molar-refractivity contribution is 9.10. The van der Waals surface area contributed by atoms with Crippen molar-refractivity contribution >= 4 is 40.1 Å². The lowest BCUT2D eigenvalue weighted by atomic mass is 10.0. The Morgan fingerprint density at radius 3 is 2.94 bits per heavy atom. The molecule has 0 bridgehead atoms. The fraction of sp³-hybridized carbons (Fsp3) is 0.500. The number of aromatic nitrogens is 1. The third kappa shape index (κ3) is 2.53. The molecule has 1 amide bonds. The second kappa shape index (κ2) is 4.79. The van der Waals surface area contributed by atoms with Gasteiger partial charge in [0.15, 0.2) is 0 Å². The molecule has 18 heavy (non-hydrogen) atoms. The smallest absolute Gasteiger partial charge is 0.242 e. The zero-order valence-corrected chi connectivity index (χ0v) is 12.3. The van der Waals surface area contributed by atoms with Gasteiger partial charge >= 0.3 is 0 Å². The van der Waals surface area contributed by atoms with Crippen molar-refractivity contribution in [2.45, 2.75) is 31.8 Å². The molecule has 2 aliphatic rings. The van der Waals surface area contributed by atoms with E-state index in [4.69, 9.17) is 0 Å². The number of carbonyl (C=O) groups is 1. The molecule has 1 aliphatic carbocycles. The van der Waals surface area contributed by atoms with Gasteiger partial charge in [-0.15, -0.1) is 12.4 Å². The number of pyridine rings is 1. The Balaban J connectivity index is 0.00000120. The lowest BCUT2D eigenvalue weighted by Crippen LogP contribution is -2.38. The average molecular weight is 333 g/mol. The van der Waals surface area contributed by atoms with Crippen LogP contribution < -0.4 is 10.6 Å². The first-order valence-corrected chi connectivity index (χ1v) is 6.56. The van der Waals surface area contributed by atoms with Gasteiger partial charge in [0.25, 0.3) is 0 Å². The molecule has 1 saturated heterocycles. The first kappa shape index (κ1) is 13.8. The van der Waals surface area contributed by atoms with Gasteiger partial charge in [-0.25, -0.2) is 4.98 Å². The number of fused-ring (bicyclic) bond motifs is 1. The van der Waals surface area contributed by atoms with E-state index in [0.717, 1.165) is 11.0 Å². The molecule has 0 spiro atoms. The van der Waals surface area contributed by atoms with Gasteiger partial charge < -0.3 is 10.6 Å². The van der Waals surface area contributed by atoms with Crippen LogP contribution in [-0.2, 0) is 4.79 Å². The van der Waals surface area contributed by atoms with Gasteiger partial charge in [0.05, 0.1) is 6.04 Å². The minimum Gasteiger partial charge on any atom is -0.309 e. The molecule has 3 atom stereocenters. The Morgan fingerprint density at radius 1 is 1.56 bits per heavy atom. The van der Waals surface area contributed by atoms with Crippen molar-refractivity contribution in [1.29, 1.82) is 0 Å². The largest absolute Gasteiger partial charge is 0.309 e. The number of halogens is 2. The number of carbonyl (C=O) groups excluding carboxylic acids is 1. The van der Waals surface area contributed by atoms with Crippen LogP contribution in [0.5, 0.6) is 0 Å². The Kier molecular flexibility index (Phi) is 3.67. The minimum absolute atomic E-state index is 0. The van der Waals surface area contributed by atoms with Gasteiger partial charge in [-0.1, -0.05) is 13.0 Å². The SMILES string of the molecule is C[C@@]12C[C@@H](C(=O)Nc3cccc(Br)n3)N[C@@H]1C2.Cl. The minimum atomic E-state index is -0.0699. The lowest BCUT2D eigenvalue weighted by molar-refractivity contribution is -0.118. The van der Waals surface area contributed by atoms with Gasteiger partial charge in [-0.2, -0.15) is 0 Å². The van der Waals surface area contributed by atoms with Crippen molar-refractivity contribution in [2.75, 3.05) is 5.32 Å². The van der Waals surface area contributed by atoms with E-state index in [1.807, 2.05) is 12.1 Å². The van der Waals surface area contributed by atoms with E-state index in [0.29, 0.717) is 17.3 Å². The quantitative estimate of drug-likeness (QED) is 0.817. The van der Waals surface area contributed by atoms with E-state index >= 15 is 0 Å². The van der Waals surface area contributed by atoms with Crippen LogP contribution in [0.2, 0.25) is 0 Å². The van der Waals surface area contributed by atoms with Crippen LogP contribution in [0.25, 0.3) is 0 Å². The third-order valence-electron chi connectivity index (χ3n) is 3.71. The van der Waals surface area contributed by atoms with Crippen LogP contribution in [0.3, 0.4) is 0 Å². The molecular formula is C12H15BrClN3O. The van der Waals surface area contributed by atoms with Crippen LogP contribution in [-0.4, -0.2) is 23.0 Å². The average Bonchev–Trinajstić information content (AvgIpc) is 2.77. The summed E-state index contributed by atoms with van der Waals surface area (Å²) in [7, 11) is 0. The van der Waals surface area contributed by atoms with Crippen LogP contribution in [0.1, 0.15) is 19.8 Å². The number of piperidine rings is 1. The van der Waals surface area contributed by atoms with E-state index in [-0.39, 0.29) is 24.4 Å². The molecular weight excluding hydrogens is 318 g/mol. The summed E-state index contributed by atoms with van der Waals surface area (Å²) >= 11 is 3.28. The number of hydrogen-bond donors (Lipinski definition) is 2. The summed E-state index contributed by atoms with van der Waals surface area (Å²) in [5.74, 6) is 0.612. The van der Waals surface area contributed by atoms with Gasteiger partial charge in [-0.3, -0.25) is 4.79 Å². The van der Waals surface area contributed by atoms with Crippen LogP contribution in [0.15, 0.2) is 22.8 Å². The van der Waals surface area contributed by atoms with E-state index in [1.54, 1.807) is 6.07 Å². The molecule has 1 aromatic rings. The summed E-state index contributed by atoms with van der Waals surface area (Å²) in [4.78, 5) is 16.2. The van der Waals surface area contributed by atoms with Crippen LogP contribution >= 0.6 is 28.3 Å². The topological polar surface area (TPSA) is 54.0 Å². The summed E-state index contributed by atoms with van der Waals surface area (Å²) in [6.07, 6.45) is 2.13. The maximum absolute atomic E-state index is 12.0. The molecule has 2 N–H and O–H groups in total. The molecule has 98 valence electrons. The van der Waals surface area contributed by atoms with Gasteiger partial charge in [-0.05, 0) is 46.3 Å². The lowest BCUT2D eigenvalue weighted by Gasteiger charge is -2.13. The fourth-order valence-electron chi connectivity index (χ4n) is 2.52. The summed E-state index contributed by atoms with van der Waals surface area (Å²) in [6, 6.07) is 5.95. The Bertz CT molecular complexity index is 484. The van der Waals surface area contributed by atoms with Crippen molar-refractivity contribution < 1.29 is 4.79 Å². The summed E-state index contributed by atoms with van der Waals surface area (Å²) in [5.41, 5.74) is 0.354. The maximum atomic E-state index is 12.0. The van der Waals surface area contributed by atoms with Gasteiger partial charge in [0, 0.05) is 6.04 Å². The van der Waals surface area contributed by atoms with E-state index in [9.17, 15) is 4.79 Å². The molecule has 6 heteroatoms. The van der Waals surface area contributed by atoms with Gasteiger partial charge in [0.2, 0.25) is 5.91 Å². The molecule has 4 nitrogen and oxygen atoms in total. The molecule has 1 aliphatic heterocycles. The van der Waals surface area contributed by atoms with E-state index in [1.165, 1.54) is 6.42 Å². The third-order valence-corrected chi connectivity index (χ3v) is 4.15. The highest BCUT2D eigenvalue weighted by Gasteiger charge is 2.58. The van der Waals surface area contributed by atoms with Crippen molar-refractivity contribution in [3.8, 4) is 0 Å². The van der Waals surface area contributed by atoms with Gasteiger partial charge in [0.1, 0.15) is 10.4 Å². The highest BCUT2D eigenvalue weighted by Crippen LogP contribution is 2.53. The Morgan fingerprint density at radius 2 is 2.33 bits per heavy atom. The predicted molar refractivity (Wildman–Crippen MR) is 75.9 cm³/mol. The second-order valence-electron chi connectivity index (χ2n) is 5.17. The van der Waals surface area contributed by atoms with E-state index < -0.39 is 0 Å². The van der Waals surface area contributed by atoms with Crippen molar-refractivity contribution in [3.05, 3.63) is 22.8 Å². The molecule has 2 heterocycles. The number of hydrogen-bond acceptors (Lipinski definition) is 3. The summed E-state index contributed by atoms with van der Waals surface area (Å²) in [5, 5.41) is 6.19. The molecule has 1 saturated carbocycles. The normalized spacial score (nSPS) is 32.3. The molecule has 1 aromatic heterocycles. The number of anilines is 1. The van der Waals surface area contributed by atoms with Crippen molar-refractivity contribution in [2.24, 2.45) is 5.41 Å². The Labute approximate surface area is 120 Å². The zero-order chi connectivity index (χ0) is 12.0. The van der Waals surface area contributed by atoms with E-state index in [2.05, 4.69) is 38.5 Å². The molecule has 0 unspecified atom stereocenters. The molecule has 2 fully saturated rings. The van der Waals surface area contributed by atoms with Crippen molar-refractivity contribution in [1.82, 2.24) is 10.3 Å². The standard InChI is InChI=1S/C12H14BrN3O.ClH/c1-12-5-7(14-8(12)6-12)11(17)16-10-4-2-3-9(13)15-10;/h2-4,7-8,14H,5-6H2,1H3,(H,15,16,17);1H/t7-,8+,12-;/m0./s1. The maximum Gasteiger partial charge on any atom is 0.242 e. The summed E-state index contributed by atoms with van der Waals surface area (Å²) in [6.45, 7) is 2.23. The highest BCUT2D eigenvalue weighted by atomic mass is 79.9. The number of rotatable bonds is 2. The summed E-state index contributed by atoms with van der Waals surface area (Å²) < 4.78 is 0.726. The first-order valence-electron chi connectivity index (χ1n) is 5.76. The van der Waals surface area contributed by atoms with Crippen LogP contribution in [0.4, 0.5) is 5.82 Å². The molecule has 0 radical (unpaired) electrons. The zero-order valence-electron chi connectivity index (χ0n) is 9.94. The fourth-order valence-corrected chi connectivity index (χ4v) is 2.86. The number of nitrogens with zero attached hydrogens (tertiary/aromatic N) is 1. The number of nitrogens with one attached hydrogen (secondary N) is 2. The Hall–Kier alpha value is -0.650. The monoisotopic (exact) mass is 331 g/mol. The number of amides is 1. The molecule has 3 rings (SSSR count). The first-order chi connectivity index (χ1) is 8.07. The second-order valence-corrected chi connectivity index (χ2v) is 5.98. The predicted octanol–water partition coefficient (Wildman–Crippen LogP) is 2.34. The van der Waals surface area contributed by atoms with Crippen LogP contribution in [0, 0.1) is 5.41 Å². The van der Waals surface area contributed by atoms with Crippen molar-refractivity contribution in [3.63, 3.8) is 0 Å².